The minimum absolute atomic E-state index is 0.595. The minimum atomic E-state index is 0.595. The molecule has 48 heavy (non-hydrogen) atoms. The monoisotopic (exact) mass is 626 g/mol. The van der Waals surface area contributed by atoms with E-state index >= 15 is 0 Å². The minimum Gasteiger partial charge on any atom is -0.311 e. The Labute approximate surface area is 278 Å². The van der Waals surface area contributed by atoms with Gasteiger partial charge in [-0.25, -0.2) is 0 Å². The number of hydrogen-bond acceptors (Lipinski definition) is 6. The zero-order chi connectivity index (χ0) is 33.3. The van der Waals surface area contributed by atoms with E-state index in [4.69, 9.17) is 0 Å². The smallest absolute Gasteiger partial charge is 0.150 e. The number of carbonyl (C=O) groups excluding carboxylic acids is 4. The van der Waals surface area contributed by atoms with Crippen molar-refractivity contribution in [2.24, 2.45) is 0 Å². The Hall–Kier alpha value is -6.66. The molecule has 6 aromatic carbocycles. The molecular weight excluding hydrogens is 596 g/mol. The van der Waals surface area contributed by atoms with Crippen LogP contribution in [0.25, 0.3) is 12.2 Å². The van der Waals surface area contributed by atoms with Crippen molar-refractivity contribution < 1.29 is 19.2 Å². The largest absolute Gasteiger partial charge is 0.311 e. The summed E-state index contributed by atoms with van der Waals surface area (Å²) in [5.41, 5.74) is 9.81. The second-order valence-corrected chi connectivity index (χ2v) is 11.0. The Kier molecular flexibility index (Phi) is 9.54. The fourth-order valence-electron chi connectivity index (χ4n) is 5.36. The first-order chi connectivity index (χ1) is 23.6. The lowest BCUT2D eigenvalue weighted by Crippen LogP contribution is -2.10. The van der Waals surface area contributed by atoms with E-state index in [1.807, 2.05) is 97.1 Å². The van der Waals surface area contributed by atoms with Crippen LogP contribution < -0.4 is 9.80 Å². The maximum Gasteiger partial charge on any atom is 0.150 e. The Balaban J connectivity index is 1.24. The van der Waals surface area contributed by atoms with E-state index in [1.54, 1.807) is 48.5 Å². The summed E-state index contributed by atoms with van der Waals surface area (Å²) in [6, 6.07) is 45.8. The topological polar surface area (TPSA) is 74.8 Å². The van der Waals surface area contributed by atoms with E-state index in [-0.39, 0.29) is 0 Å². The molecule has 0 unspecified atom stereocenters. The molecule has 0 saturated heterocycles. The highest BCUT2D eigenvalue weighted by molar-refractivity contribution is 5.84. The molecule has 0 bridgehead atoms. The lowest BCUT2D eigenvalue weighted by atomic mass is 10.1. The van der Waals surface area contributed by atoms with Crippen LogP contribution in [0.5, 0.6) is 0 Å². The normalized spacial score (nSPS) is 10.8. The van der Waals surface area contributed by atoms with Crippen LogP contribution >= 0.6 is 0 Å². The number of anilines is 6. The maximum atomic E-state index is 11.2. The van der Waals surface area contributed by atoms with Crippen LogP contribution in [-0.2, 0) is 0 Å². The van der Waals surface area contributed by atoms with Gasteiger partial charge in [-0.05, 0) is 132 Å². The summed E-state index contributed by atoms with van der Waals surface area (Å²) in [4.78, 5) is 49.1. The fraction of sp³-hybridized carbons (Fsp3) is 0. The SMILES string of the molecule is O=Cc1ccc(N(c2ccc(C=O)cc2)c2ccc(C=Cc3ccc(N(c4ccc(C=O)cc4)c4ccc(C=O)cc4)cc3)cc2)cc1. The van der Waals surface area contributed by atoms with Crippen LogP contribution in [-0.4, -0.2) is 25.1 Å². The van der Waals surface area contributed by atoms with Crippen molar-refractivity contribution in [2.45, 2.75) is 0 Å². The molecule has 0 atom stereocenters. The molecule has 232 valence electrons. The fourth-order valence-corrected chi connectivity index (χ4v) is 5.36. The molecule has 6 heteroatoms. The van der Waals surface area contributed by atoms with Gasteiger partial charge in [-0.15, -0.1) is 0 Å². The molecule has 6 rings (SSSR count). The Morgan fingerprint density at radius 3 is 0.583 bits per heavy atom. The summed E-state index contributed by atoms with van der Waals surface area (Å²) < 4.78 is 0. The van der Waals surface area contributed by atoms with Crippen LogP contribution in [0.2, 0.25) is 0 Å². The van der Waals surface area contributed by atoms with Gasteiger partial charge in [0.25, 0.3) is 0 Å². The predicted molar refractivity (Wildman–Crippen MR) is 193 cm³/mol. The highest BCUT2D eigenvalue weighted by atomic mass is 16.1. The van der Waals surface area contributed by atoms with Gasteiger partial charge in [-0.3, -0.25) is 19.2 Å². The lowest BCUT2D eigenvalue weighted by molar-refractivity contribution is 0.111. The third-order valence-corrected chi connectivity index (χ3v) is 7.92. The summed E-state index contributed by atoms with van der Waals surface area (Å²) in [5, 5.41) is 0. The third-order valence-electron chi connectivity index (χ3n) is 7.92. The first kappa shape index (κ1) is 31.3. The van der Waals surface area contributed by atoms with Crippen molar-refractivity contribution >= 4 is 71.4 Å². The summed E-state index contributed by atoms with van der Waals surface area (Å²) in [6.45, 7) is 0. The molecule has 0 amide bonds. The maximum absolute atomic E-state index is 11.2. The molecule has 0 N–H and O–H groups in total. The Bertz CT molecular complexity index is 1790. The second kappa shape index (κ2) is 14.6. The van der Waals surface area contributed by atoms with E-state index in [1.165, 1.54) is 0 Å². The molecule has 0 aliphatic carbocycles. The number of carbonyl (C=O) groups is 4. The van der Waals surface area contributed by atoms with Gasteiger partial charge >= 0.3 is 0 Å². The van der Waals surface area contributed by atoms with Gasteiger partial charge < -0.3 is 9.80 Å². The van der Waals surface area contributed by atoms with Crippen LogP contribution in [0.1, 0.15) is 52.6 Å². The molecule has 6 nitrogen and oxygen atoms in total. The number of aldehydes is 4. The van der Waals surface area contributed by atoms with Crippen LogP contribution in [0.4, 0.5) is 34.1 Å². The van der Waals surface area contributed by atoms with Gasteiger partial charge in [-0.2, -0.15) is 0 Å². The molecule has 6 aromatic rings. The molecule has 0 aliphatic rings. The molecule has 0 aromatic heterocycles. The van der Waals surface area contributed by atoms with Crippen molar-refractivity contribution in [1.29, 1.82) is 0 Å². The van der Waals surface area contributed by atoms with E-state index in [0.29, 0.717) is 22.3 Å². The van der Waals surface area contributed by atoms with Crippen LogP contribution in [0, 0.1) is 0 Å². The van der Waals surface area contributed by atoms with Crippen molar-refractivity contribution in [3.05, 3.63) is 179 Å². The van der Waals surface area contributed by atoms with E-state index in [9.17, 15) is 19.2 Å². The number of hydrogen-bond donors (Lipinski definition) is 0. The summed E-state index contributed by atoms with van der Waals surface area (Å²) in [6.07, 6.45) is 7.38. The average molecular weight is 627 g/mol. The zero-order valence-electron chi connectivity index (χ0n) is 25.8. The number of benzene rings is 6. The van der Waals surface area contributed by atoms with Crippen molar-refractivity contribution in [3.8, 4) is 0 Å². The highest BCUT2D eigenvalue weighted by Crippen LogP contribution is 2.36. The number of nitrogens with zero attached hydrogens (tertiary/aromatic N) is 2. The Morgan fingerprint density at radius 2 is 0.417 bits per heavy atom. The molecule has 0 radical (unpaired) electrons. The second-order valence-electron chi connectivity index (χ2n) is 11.0. The standard InChI is InChI=1S/C42H30N2O4/c45-27-33-7-19-39(20-8-33)43(40-21-9-34(28-46)10-22-40)37-15-3-31(4-16-37)1-2-32-5-17-38(18-6-32)44(41-23-11-35(29-47)12-24-41)42-25-13-36(30-48)14-26-42/h1-30H. The van der Waals surface area contributed by atoms with Crippen molar-refractivity contribution in [1.82, 2.24) is 0 Å². The van der Waals surface area contributed by atoms with Gasteiger partial charge in [-0.1, -0.05) is 36.4 Å². The summed E-state index contributed by atoms with van der Waals surface area (Å²) in [7, 11) is 0. The first-order valence-corrected chi connectivity index (χ1v) is 15.3. The lowest BCUT2D eigenvalue weighted by Gasteiger charge is -2.26. The molecular formula is C42H30N2O4. The number of rotatable bonds is 12. The van der Waals surface area contributed by atoms with E-state index in [0.717, 1.165) is 70.4 Å². The zero-order valence-corrected chi connectivity index (χ0v) is 25.8. The Morgan fingerprint density at radius 1 is 0.250 bits per heavy atom. The molecule has 0 aliphatic heterocycles. The van der Waals surface area contributed by atoms with Gasteiger partial charge in [0.2, 0.25) is 0 Å². The van der Waals surface area contributed by atoms with E-state index in [2.05, 4.69) is 22.0 Å². The van der Waals surface area contributed by atoms with Crippen molar-refractivity contribution in [3.63, 3.8) is 0 Å². The van der Waals surface area contributed by atoms with Crippen LogP contribution in [0.3, 0.4) is 0 Å². The van der Waals surface area contributed by atoms with E-state index < -0.39 is 0 Å². The van der Waals surface area contributed by atoms with Gasteiger partial charge in [0.05, 0.1) is 0 Å². The molecule has 0 fully saturated rings. The predicted octanol–water partition coefficient (Wildman–Crippen LogP) is 10.0. The van der Waals surface area contributed by atoms with Gasteiger partial charge in [0.15, 0.2) is 0 Å². The van der Waals surface area contributed by atoms with Crippen molar-refractivity contribution in [2.75, 3.05) is 9.80 Å². The quantitative estimate of drug-likeness (QED) is 0.0994. The molecule has 0 saturated carbocycles. The molecule has 0 heterocycles. The summed E-state index contributed by atoms with van der Waals surface area (Å²) in [5.74, 6) is 0. The average Bonchev–Trinajstić information content (AvgIpc) is 3.16. The highest BCUT2D eigenvalue weighted by Gasteiger charge is 2.14. The first-order valence-electron chi connectivity index (χ1n) is 15.3. The summed E-state index contributed by atoms with van der Waals surface area (Å²) >= 11 is 0. The van der Waals surface area contributed by atoms with Crippen LogP contribution in [0.15, 0.2) is 146 Å². The van der Waals surface area contributed by atoms with Gasteiger partial charge in [0.1, 0.15) is 25.1 Å². The van der Waals surface area contributed by atoms with Gasteiger partial charge in [0, 0.05) is 56.4 Å². The third kappa shape index (κ3) is 7.09. The molecule has 0 spiro atoms.